The Kier molecular flexibility index (Phi) is 5.49. The van der Waals surface area contributed by atoms with E-state index in [0.717, 1.165) is 29.1 Å². The van der Waals surface area contributed by atoms with Gasteiger partial charge in [0, 0.05) is 37.1 Å². The first kappa shape index (κ1) is 22.6. The van der Waals surface area contributed by atoms with Gasteiger partial charge in [-0.1, -0.05) is 17.7 Å². The average Bonchev–Trinajstić information content (AvgIpc) is 3.51. The Balaban J connectivity index is 1.50. The number of nitrogens with zero attached hydrogens (tertiary/aromatic N) is 4. The van der Waals surface area contributed by atoms with Crippen LogP contribution in [0, 0.1) is 12.8 Å². The van der Waals surface area contributed by atoms with Gasteiger partial charge in [-0.3, -0.25) is 4.79 Å². The maximum absolute atomic E-state index is 14.1. The molecule has 1 aromatic heterocycles. The molecule has 34 heavy (non-hydrogen) atoms. The minimum absolute atomic E-state index is 0.0262. The van der Waals surface area contributed by atoms with E-state index >= 15 is 0 Å². The van der Waals surface area contributed by atoms with Crippen LogP contribution in [0.4, 0.5) is 16.4 Å². The summed E-state index contributed by atoms with van der Waals surface area (Å²) in [7, 11) is 0. The lowest BCUT2D eigenvalue weighted by atomic mass is 9.77. The van der Waals surface area contributed by atoms with Gasteiger partial charge in [-0.2, -0.15) is 0 Å². The summed E-state index contributed by atoms with van der Waals surface area (Å²) in [6.45, 7) is 9.52. The number of amides is 2. The highest BCUT2D eigenvalue weighted by atomic mass is 16.6. The smallest absolute Gasteiger partial charge is 0.410 e. The van der Waals surface area contributed by atoms with Crippen molar-refractivity contribution in [1.82, 2.24) is 14.9 Å². The predicted octanol–water partition coefficient (Wildman–Crippen LogP) is 4.03. The first-order chi connectivity index (χ1) is 16.1. The molecule has 1 saturated carbocycles. The van der Waals surface area contributed by atoms with Crippen molar-refractivity contribution in [2.75, 3.05) is 29.9 Å². The maximum atomic E-state index is 14.1. The van der Waals surface area contributed by atoms with Gasteiger partial charge in [0.15, 0.2) is 0 Å². The van der Waals surface area contributed by atoms with Crippen LogP contribution in [0.25, 0.3) is 0 Å². The number of hydrogen-bond donors (Lipinski definition) is 1. The van der Waals surface area contributed by atoms with Crippen molar-refractivity contribution in [3.63, 3.8) is 0 Å². The molecule has 1 unspecified atom stereocenters. The largest absolute Gasteiger partial charge is 0.444 e. The van der Waals surface area contributed by atoms with Crippen molar-refractivity contribution >= 4 is 23.6 Å². The number of carbonyl (C=O) groups is 2. The number of aromatic nitrogens is 2. The number of fused-ring (bicyclic) bond motifs is 2. The maximum Gasteiger partial charge on any atom is 0.410 e. The van der Waals surface area contributed by atoms with Crippen LogP contribution in [-0.4, -0.2) is 52.1 Å². The van der Waals surface area contributed by atoms with Gasteiger partial charge in [-0.15, -0.1) is 0 Å². The Morgan fingerprint density at radius 2 is 1.97 bits per heavy atom. The third kappa shape index (κ3) is 4.33. The lowest BCUT2D eigenvalue weighted by Crippen LogP contribution is -2.53. The van der Waals surface area contributed by atoms with Gasteiger partial charge in [0.1, 0.15) is 11.0 Å². The van der Waals surface area contributed by atoms with Gasteiger partial charge in [0.2, 0.25) is 11.9 Å². The molecule has 2 fully saturated rings. The van der Waals surface area contributed by atoms with Gasteiger partial charge in [-0.05, 0) is 65.0 Å². The molecule has 0 bridgehead atoms. The van der Waals surface area contributed by atoms with Crippen molar-refractivity contribution in [3.05, 3.63) is 47.3 Å². The minimum atomic E-state index is -0.922. The van der Waals surface area contributed by atoms with Crippen molar-refractivity contribution in [1.29, 1.82) is 0 Å². The third-order valence-corrected chi connectivity index (χ3v) is 6.81. The predicted molar refractivity (Wildman–Crippen MR) is 130 cm³/mol. The highest BCUT2D eigenvalue weighted by Crippen LogP contribution is 2.43. The minimum Gasteiger partial charge on any atom is -0.444 e. The molecule has 1 spiro atoms. The first-order valence-corrected chi connectivity index (χ1v) is 12.1. The zero-order valence-electron chi connectivity index (χ0n) is 20.4. The molecule has 1 atom stereocenters. The number of ether oxygens (including phenoxy) is 1. The fraction of sp³-hybridized carbons (Fsp3) is 0.538. The van der Waals surface area contributed by atoms with E-state index in [1.54, 1.807) is 9.80 Å². The van der Waals surface area contributed by atoms with Crippen LogP contribution in [0.1, 0.15) is 56.9 Å². The van der Waals surface area contributed by atoms with Crippen molar-refractivity contribution in [3.8, 4) is 0 Å². The molecular formula is C26H33N5O3. The SMILES string of the molecule is Cc1ccc(N2Cc3cnc(NCC4CC4)nc3C3(CCN(C(=O)OC(C)(C)C)C3)C2=O)cc1. The molecular weight excluding hydrogens is 430 g/mol. The third-order valence-electron chi connectivity index (χ3n) is 6.81. The van der Waals surface area contributed by atoms with Crippen LogP contribution in [0.2, 0.25) is 0 Å². The number of nitrogens with one attached hydrogen (secondary N) is 1. The molecule has 5 rings (SSSR count). The number of aryl methyl sites for hydroxylation is 1. The van der Waals surface area contributed by atoms with Crippen molar-refractivity contribution in [2.45, 2.75) is 64.5 Å². The molecule has 2 aliphatic heterocycles. The Morgan fingerprint density at radius 1 is 1.24 bits per heavy atom. The van der Waals surface area contributed by atoms with Crippen LogP contribution < -0.4 is 10.2 Å². The highest BCUT2D eigenvalue weighted by Gasteiger charge is 2.54. The van der Waals surface area contributed by atoms with Crippen LogP contribution >= 0.6 is 0 Å². The molecule has 2 aromatic rings. The van der Waals surface area contributed by atoms with E-state index in [-0.39, 0.29) is 12.5 Å². The topological polar surface area (TPSA) is 87.7 Å². The Hall–Kier alpha value is -3.16. The number of likely N-dealkylation sites (tertiary alicyclic amines) is 1. The number of rotatable bonds is 4. The van der Waals surface area contributed by atoms with Crippen LogP contribution in [0.15, 0.2) is 30.5 Å². The quantitative estimate of drug-likeness (QED) is 0.737. The van der Waals surface area contributed by atoms with Crippen LogP contribution in [0.5, 0.6) is 0 Å². The van der Waals surface area contributed by atoms with Gasteiger partial charge < -0.3 is 19.9 Å². The van der Waals surface area contributed by atoms with E-state index in [9.17, 15) is 9.59 Å². The second kappa shape index (κ2) is 8.25. The number of hydrogen-bond acceptors (Lipinski definition) is 6. The average molecular weight is 464 g/mol. The number of carbonyl (C=O) groups excluding carboxylic acids is 2. The summed E-state index contributed by atoms with van der Waals surface area (Å²) in [6, 6.07) is 7.96. The van der Waals surface area contributed by atoms with Gasteiger partial charge in [-0.25, -0.2) is 14.8 Å². The molecule has 180 valence electrons. The van der Waals surface area contributed by atoms with E-state index in [1.807, 2.05) is 58.2 Å². The Morgan fingerprint density at radius 3 is 2.65 bits per heavy atom. The summed E-state index contributed by atoms with van der Waals surface area (Å²) in [6.07, 6.45) is 4.41. The molecule has 8 nitrogen and oxygen atoms in total. The molecule has 1 N–H and O–H groups in total. The first-order valence-electron chi connectivity index (χ1n) is 12.1. The summed E-state index contributed by atoms with van der Waals surface area (Å²) in [5.74, 6) is 1.21. The molecule has 0 radical (unpaired) electrons. The molecule has 1 aliphatic carbocycles. The summed E-state index contributed by atoms with van der Waals surface area (Å²) < 4.78 is 5.62. The summed E-state index contributed by atoms with van der Waals surface area (Å²) >= 11 is 0. The second-order valence-corrected chi connectivity index (χ2v) is 10.9. The fourth-order valence-electron chi connectivity index (χ4n) is 4.77. The number of benzene rings is 1. The van der Waals surface area contributed by atoms with E-state index in [2.05, 4.69) is 10.3 Å². The van der Waals surface area contributed by atoms with E-state index < -0.39 is 17.1 Å². The lowest BCUT2D eigenvalue weighted by Gasteiger charge is -2.40. The summed E-state index contributed by atoms with van der Waals surface area (Å²) in [5, 5.41) is 3.34. The summed E-state index contributed by atoms with van der Waals surface area (Å²) in [4.78, 5) is 39.8. The van der Waals surface area contributed by atoms with Crippen LogP contribution in [-0.2, 0) is 21.5 Å². The fourth-order valence-corrected chi connectivity index (χ4v) is 4.77. The van der Waals surface area contributed by atoms with Crippen molar-refractivity contribution < 1.29 is 14.3 Å². The van der Waals surface area contributed by atoms with Crippen molar-refractivity contribution in [2.24, 2.45) is 5.92 Å². The standard InChI is InChI=1S/C26H33N5O3/c1-17-5-9-20(10-6-17)31-15-19-14-28-23(27-13-18-7-8-18)29-21(19)26(22(31)32)11-12-30(16-26)24(33)34-25(2,3)4/h5-6,9-10,14,18H,7-8,11-13,15-16H2,1-4H3,(H,27,28,29). The van der Waals surface area contributed by atoms with E-state index in [0.29, 0.717) is 31.4 Å². The molecule has 1 saturated heterocycles. The molecule has 2 amide bonds. The zero-order valence-corrected chi connectivity index (χ0v) is 20.4. The molecule has 8 heteroatoms. The molecule has 1 aromatic carbocycles. The second-order valence-electron chi connectivity index (χ2n) is 10.9. The van der Waals surface area contributed by atoms with Gasteiger partial charge in [0.25, 0.3) is 0 Å². The Bertz CT molecular complexity index is 1110. The Labute approximate surface area is 200 Å². The zero-order chi connectivity index (χ0) is 24.1. The number of anilines is 2. The lowest BCUT2D eigenvalue weighted by molar-refractivity contribution is -0.124. The van der Waals surface area contributed by atoms with Gasteiger partial charge in [0.05, 0.1) is 12.2 Å². The molecule has 3 aliphatic rings. The van der Waals surface area contributed by atoms with E-state index in [4.69, 9.17) is 9.72 Å². The summed E-state index contributed by atoms with van der Waals surface area (Å²) in [5.41, 5.74) is 2.11. The monoisotopic (exact) mass is 463 g/mol. The normalized spacial score (nSPS) is 22.2. The molecule has 3 heterocycles. The highest BCUT2D eigenvalue weighted by molar-refractivity contribution is 6.03. The van der Waals surface area contributed by atoms with Gasteiger partial charge >= 0.3 is 6.09 Å². The van der Waals surface area contributed by atoms with Crippen LogP contribution in [0.3, 0.4) is 0 Å². The van der Waals surface area contributed by atoms with E-state index in [1.165, 1.54) is 12.8 Å².